The number of aliphatic hydroxyl groups excluding tert-OH is 2. The van der Waals surface area contributed by atoms with Gasteiger partial charge in [0, 0.05) is 36.9 Å². The Morgan fingerprint density at radius 1 is 1.13 bits per heavy atom. The van der Waals surface area contributed by atoms with Gasteiger partial charge in [0.2, 0.25) is 0 Å². The van der Waals surface area contributed by atoms with E-state index in [1.165, 1.54) is 11.1 Å². The Labute approximate surface area is 137 Å². The second-order valence-corrected chi connectivity index (χ2v) is 8.34. The zero-order valence-electron chi connectivity index (χ0n) is 13.9. The van der Waals surface area contributed by atoms with Crippen molar-refractivity contribution in [2.24, 2.45) is 23.7 Å². The van der Waals surface area contributed by atoms with Gasteiger partial charge in [-0.25, -0.2) is 0 Å². The van der Waals surface area contributed by atoms with Gasteiger partial charge in [0.15, 0.2) is 0 Å². The fourth-order valence-electron chi connectivity index (χ4n) is 6.58. The van der Waals surface area contributed by atoms with Gasteiger partial charge in [-0.1, -0.05) is 6.07 Å². The van der Waals surface area contributed by atoms with E-state index in [4.69, 9.17) is 0 Å². The van der Waals surface area contributed by atoms with Gasteiger partial charge in [-0.15, -0.1) is 0 Å². The summed E-state index contributed by atoms with van der Waals surface area (Å²) in [6.45, 7) is 5.11. The van der Waals surface area contributed by atoms with E-state index in [2.05, 4.69) is 29.8 Å². The number of nitrogens with zero attached hydrogens (tertiary/aromatic N) is 2. The molecule has 3 aliphatic carbocycles. The minimum absolute atomic E-state index is 0.175. The van der Waals surface area contributed by atoms with Gasteiger partial charge in [0.05, 0.1) is 12.2 Å². The van der Waals surface area contributed by atoms with Crippen molar-refractivity contribution in [3.63, 3.8) is 0 Å². The quantitative estimate of drug-likeness (QED) is 0.883. The third-order valence-electron chi connectivity index (χ3n) is 7.35. The molecule has 0 radical (unpaired) electrons. The molecule has 1 aromatic heterocycles. The lowest BCUT2D eigenvalue weighted by atomic mass is 9.75. The van der Waals surface area contributed by atoms with Crippen molar-refractivity contribution in [2.45, 2.75) is 57.4 Å². The number of likely N-dealkylation sites (tertiary alicyclic amines) is 1. The van der Waals surface area contributed by atoms with Gasteiger partial charge >= 0.3 is 0 Å². The molecule has 2 N–H and O–H groups in total. The van der Waals surface area contributed by atoms with Gasteiger partial charge < -0.3 is 10.2 Å². The van der Waals surface area contributed by atoms with Crippen molar-refractivity contribution >= 4 is 0 Å². The second kappa shape index (κ2) is 4.78. The van der Waals surface area contributed by atoms with Crippen LogP contribution in [0.25, 0.3) is 0 Å². The molecule has 3 saturated carbocycles. The summed E-state index contributed by atoms with van der Waals surface area (Å²) >= 11 is 0. The lowest BCUT2D eigenvalue weighted by Gasteiger charge is -2.48. The van der Waals surface area contributed by atoms with E-state index in [-0.39, 0.29) is 24.3 Å². The summed E-state index contributed by atoms with van der Waals surface area (Å²) in [5.41, 5.74) is 3.61. The average Bonchev–Trinajstić information content (AvgIpc) is 3.07. The molecule has 2 heterocycles. The molecule has 1 aromatic rings. The lowest BCUT2D eigenvalue weighted by molar-refractivity contribution is -0.0978. The van der Waals surface area contributed by atoms with Crippen LogP contribution in [-0.2, 0) is 6.42 Å². The van der Waals surface area contributed by atoms with Crippen LogP contribution in [0.5, 0.6) is 0 Å². The molecular formula is C19H26N2O2. The molecule has 0 amide bonds. The number of aliphatic hydroxyl groups is 2. The number of aryl methyl sites for hydroxylation is 2. The zero-order valence-corrected chi connectivity index (χ0v) is 13.9. The number of aromatic nitrogens is 1. The third kappa shape index (κ3) is 1.80. The van der Waals surface area contributed by atoms with E-state index in [9.17, 15) is 10.2 Å². The summed E-state index contributed by atoms with van der Waals surface area (Å²) in [6, 6.07) is 2.73. The average molecular weight is 314 g/mol. The first kappa shape index (κ1) is 14.4. The van der Waals surface area contributed by atoms with E-state index in [0.717, 1.165) is 31.5 Å². The molecule has 5 rings (SSSR count). The third-order valence-corrected chi connectivity index (χ3v) is 7.35. The van der Waals surface area contributed by atoms with Crippen LogP contribution in [0, 0.1) is 37.5 Å². The molecule has 4 fully saturated rings. The molecule has 1 aliphatic heterocycles. The van der Waals surface area contributed by atoms with Crippen molar-refractivity contribution < 1.29 is 10.2 Å². The van der Waals surface area contributed by atoms with E-state index in [1.807, 2.05) is 6.20 Å². The SMILES string of the molecule is Cc1cnc(CCN2C3CC4C5CC(C4C3O)C2C5O)c(C)c1. The van der Waals surface area contributed by atoms with E-state index in [0.29, 0.717) is 23.7 Å². The van der Waals surface area contributed by atoms with Crippen LogP contribution < -0.4 is 0 Å². The second-order valence-electron chi connectivity index (χ2n) is 8.34. The van der Waals surface area contributed by atoms with Crippen molar-refractivity contribution in [1.29, 1.82) is 0 Å². The summed E-state index contributed by atoms with van der Waals surface area (Å²) in [5.74, 6) is 1.99. The Kier molecular flexibility index (Phi) is 2.99. The molecule has 4 bridgehead atoms. The first-order valence-electron chi connectivity index (χ1n) is 9.10. The first-order chi connectivity index (χ1) is 11.1. The van der Waals surface area contributed by atoms with Gasteiger partial charge in [0.1, 0.15) is 0 Å². The van der Waals surface area contributed by atoms with Crippen LogP contribution in [0.4, 0.5) is 0 Å². The normalized spacial score (nSPS) is 47.0. The Hall–Kier alpha value is -0.970. The minimum Gasteiger partial charge on any atom is -0.391 e. The van der Waals surface area contributed by atoms with E-state index < -0.39 is 0 Å². The molecule has 124 valence electrons. The summed E-state index contributed by atoms with van der Waals surface area (Å²) in [5, 5.41) is 21.5. The predicted molar refractivity (Wildman–Crippen MR) is 86.9 cm³/mol. The van der Waals surface area contributed by atoms with Crippen LogP contribution in [-0.4, -0.2) is 50.9 Å². The van der Waals surface area contributed by atoms with Crippen molar-refractivity contribution in [3.8, 4) is 0 Å². The minimum atomic E-state index is -0.175. The molecule has 4 heteroatoms. The smallest absolute Gasteiger partial charge is 0.0729 e. The summed E-state index contributed by atoms with van der Waals surface area (Å²) in [6.07, 6.45) is 4.71. The Balaban J connectivity index is 1.40. The van der Waals surface area contributed by atoms with Gasteiger partial charge in [0.25, 0.3) is 0 Å². The fraction of sp³-hybridized carbons (Fsp3) is 0.737. The highest BCUT2D eigenvalue weighted by Gasteiger charge is 2.69. The Morgan fingerprint density at radius 2 is 1.96 bits per heavy atom. The fourth-order valence-corrected chi connectivity index (χ4v) is 6.58. The maximum Gasteiger partial charge on any atom is 0.0729 e. The van der Waals surface area contributed by atoms with Crippen LogP contribution in [0.3, 0.4) is 0 Å². The number of rotatable bonds is 3. The highest BCUT2D eigenvalue weighted by Crippen LogP contribution is 2.64. The maximum atomic E-state index is 10.7. The van der Waals surface area contributed by atoms with Gasteiger partial charge in [-0.2, -0.15) is 0 Å². The zero-order chi connectivity index (χ0) is 15.9. The molecule has 0 spiro atoms. The molecule has 8 atom stereocenters. The summed E-state index contributed by atoms with van der Waals surface area (Å²) in [7, 11) is 0. The molecular weight excluding hydrogens is 288 g/mol. The number of hydrogen-bond donors (Lipinski definition) is 2. The van der Waals surface area contributed by atoms with Gasteiger partial charge in [-0.3, -0.25) is 9.88 Å². The molecule has 8 unspecified atom stereocenters. The van der Waals surface area contributed by atoms with Crippen molar-refractivity contribution in [2.75, 3.05) is 6.54 Å². The molecule has 4 nitrogen and oxygen atoms in total. The van der Waals surface area contributed by atoms with Crippen LogP contribution in [0.15, 0.2) is 12.3 Å². The monoisotopic (exact) mass is 314 g/mol. The van der Waals surface area contributed by atoms with Crippen molar-refractivity contribution in [3.05, 3.63) is 29.1 Å². The first-order valence-corrected chi connectivity index (χ1v) is 9.10. The van der Waals surface area contributed by atoms with E-state index in [1.54, 1.807) is 0 Å². The molecule has 0 aromatic carbocycles. The molecule has 23 heavy (non-hydrogen) atoms. The Morgan fingerprint density at radius 3 is 2.74 bits per heavy atom. The number of pyridine rings is 1. The predicted octanol–water partition coefficient (Wildman–Crippen LogP) is 1.30. The summed E-state index contributed by atoms with van der Waals surface area (Å²) < 4.78 is 0. The maximum absolute atomic E-state index is 10.7. The standard InChI is InChI=1S/C19H26N2O2/c1-9-5-10(2)14(20-8-9)3-4-21-15-7-11-12-6-13(16(11)19(15)23)17(21)18(12)22/h5,8,11-13,15-19,22-23H,3-4,6-7H2,1-2H3. The van der Waals surface area contributed by atoms with Crippen LogP contribution in [0.2, 0.25) is 0 Å². The van der Waals surface area contributed by atoms with Crippen LogP contribution >= 0.6 is 0 Å². The topological polar surface area (TPSA) is 56.6 Å². The number of hydrogen-bond acceptors (Lipinski definition) is 4. The number of piperidine rings is 1. The van der Waals surface area contributed by atoms with Crippen molar-refractivity contribution in [1.82, 2.24) is 9.88 Å². The summed E-state index contributed by atoms with van der Waals surface area (Å²) in [4.78, 5) is 7.05. The lowest BCUT2D eigenvalue weighted by Crippen LogP contribution is -2.61. The van der Waals surface area contributed by atoms with Gasteiger partial charge in [-0.05, 0) is 61.5 Å². The Bertz CT molecular complexity index is 648. The van der Waals surface area contributed by atoms with E-state index >= 15 is 0 Å². The largest absolute Gasteiger partial charge is 0.391 e. The highest BCUT2D eigenvalue weighted by molar-refractivity contribution is 5.25. The highest BCUT2D eigenvalue weighted by atomic mass is 16.3. The molecule has 1 saturated heterocycles. The van der Waals surface area contributed by atoms with Crippen LogP contribution in [0.1, 0.15) is 29.7 Å². The number of fused-ring (bicyclic) bond motifs is 3. The molecule has 4 aliphatic rings.